The van der Waals surface area contributed by atoms with Gasteiger partial charge in [0.2, 0.25) is 6.29 Å². The largest absolute Gasteiger partial charge is 0.433 e. The van der Waals surface area contributed by atoms with E-state index in [1.807, 2.05) is 0 Å². The van der Waals surface area contributed by atoms with Crippen molar-refractivity contribution in [3.8, 4) is 0 Å². The summed E-state index contributed by atoms with van der Waals surface area (Å²) in [5.41, 5.74) is 0. The maximum atomic E-state index is 10.5. The van der Waals surface area contributed by atoms with Crippen molar-refractivity contribution in [2.45, 2.75) is 80.9 Å². The van der Waals surface area contributed by atoms with Crippen LogP contribution in [-0.4, -0.2) is 138 Å². The fraction of sp³-hybridized carbons (Fsp3) is 0.933. The van der Waals surface area contributed by atoms with E-state index in [1.54, 1.807) is 0 Å². The number of rotatable bonds is 4. The van der Waals surface area contributed by atoms with E-state index in [4.69, 9.17) is 25.5 Å². The fourth-order valence-electron chi connectivity index (χ4n) is 2.62. The molecule has 0 aromatic carbocycles. The van der Waals surface area contributed by atoms with Gasteiger partial charge in [-0.2, -0.15) is 0 Å². The van der Waals surface area contributed by atoms with Gasteiger partial charge in [0.25, 0.3) is 0 Å². The average Bonchev–Trinajstić information content (AvgIpc) is 2.69. The Morgan fingerprint density at radius 2 is 1.07 bits per heavy atom. The van der Waals surface area contributed by atoms with Crippen LogP contribution in [0.25, 0.3) is 0 Å². The van der Waals surface area contributed by atoms with Gasteiger partial charge in [0.05, 0.1) is 0 Å². The average molecular weight is 448 g/mol. The molecule has 0 spiro atoms. The van der Waals surface area contributed by atoms with E-state index in [9.17, 15) is 30.3 Å². The van der Waals surface area contributed by atoms with E-state index in [-0.39, 0.29) is 0 Å². The van der Waals surface area contributed by atoms with E-state index in [2.05, 4.69) is 18.9 Å². The minimum absolute atomic E-state index is 0.821. The number of hydrogen-bond donors (Lipinski definition) is 10. The quantitative estimate of drug-likeness (QED) is 0.142. The monoisotopic (exact) mass is 448 g/mol. The lowest BCUT2D eigenvalue weighted by Crippen LogP contribution is -2.61. The van der Waals surface area contributed by atoms with Crippen molar-refractivity contribution >= 4 is 5.97 Å². The minimum atomic E-state index is -1.84. The van der Waals surface area contributed by atoms with Crippen LogP contribution < -0.4 is 0 Å². The highest BCUT2D eigenvalue weighted by atomic mass is 16.7. The molecule has 0 radical (unpaired) electrons. The van der Waals surface area contributed by atoms with Crippen LogP contribution in [0.5, 0.6) is 0 Å². The SMILES string of the molecule is CC(=O)OC(O)[C@H]1O[C@@H](O)[C@H](O)[C@@H](O)[C@@H]1O.COC(O)[C@H]1O[C@@H](O)[C@H](O)[C@@H](O)[C@@H]1O. The van der Waals surface area contributed by atoms with Crippen molar-refractivity contribution in [3.05, 3.63) is 0 Å². The number of methoxy groups -OCH3 is 1. The van der Waals surface area contributed by atoms with Gasteiger partial charge >= 0.3 is 5.97 Å². The van der Waals surface area contributed by atoms with Crippen LogP contribution in [-0.2, 0) is 23.7 Å². The third-order valence-corrected chi connectivity index (χ3v) is 4.34. The van der Waals surface area contributed by atoms with Crippen molar-refractivity contribution in [3.63, 3.8) is 0 Å². The second-order valence-electron chi connectivity index (χ2n) is 6.55. The zero-order valence-electron chi connectivity index (χ0n) is 15.9. The molecule has 2 aliphatic heterocycles. The Kier molecular flexibility index (Phi) is 10.4. The minimum Gasteiger partial charge on any atom is -0.433 e. The summed E-state index contributed by atoms with van der Waals surface area (Å²) in [6, 6.07) is 0. The molecule has 30 heavy (non-hydrogen) atoms. The number of ether oxygens (including phenoxy) is 4. The molecule has 0 bridgehead atoms. The summed E-state index contributed by atoms with van der Waals surface area (Å²) in [4.78, 5) is 10.5. The lowest BCUT2D eigenvalue weighted by Gasteiger charge is -2.39. The molecule has 2 rings (SSSR count). The number of hydrogen-bond acceptors (Lipinski definition) is 15. The van der Waals surface area contributed by atoms with Crippen molar-refractivity contribution < 1.29 is 74.8 Å². The maximum absolute atomic E-state index is 10.5. The van der Waals surface area contributed by atoms with Gasteiger partial charge in [-0.15, -0.1) is 0 Å². The first-order chi connectivity index (χ1) is 13.8. The molecule has 0 aromatic heterocycles. The molecule has 2 saturated heterocycles. The topological polar surface area (TPSA) is 256 Å². The molecule has 2 aliphatic rings. The summed E-state index contributed by atoms with van der Waals surface area (Å²) in [6.07, 6.45) is -19.4. The summed E-state index contributed by atoms with van der Waals surface area (Å²) in [7, 11) is 1.17. The summed E-state index contributed by atoms with van der Waals surface area (Å²) in [5, 5.41) is 92.1. The molecule has 0 aliphatic carbocycles. The summed E-state index contributed by atoms with van der Waals surface area (Å²) in [5.74, 6) is -0.821. The summed E-state index contributed by atoms with van der Waals surface area (Å²) in [6.45, 7) is 1.03. The Morgan fingerprint density at radius 3 is 1.40 bits per heavy atom. The molecule has 0 amide bonds. The molecule has 2 heterocycles. The number of carbonyl (C=O) groups is 1. The van der Waals surface area contributed by atoms with Gasteiger partial charge in [0.15, 0.2) is 25.0 Å². The van der Waals surface area contributed by atoms with Crippen molar-refractivity contribution in [2.75, 3.05) is 7.11 Å². The fourth-order valence-corrected chi connectivity index (χ4v) is 2.62. The van der Waals surface area contributed by atoms with Crippen LogP contribution in [0.2, 0.25) is 0 Å². The van der Waals surface area contributed by atoms with E-state index < -0.39 is 80.0 Å². The zero-order valence-corrected chi connectivity index (χ0v) is 15.9. The molecule has 10 N–H and O–H groups in total. The van der Waals surface area contributed by atoms with Crippen LogP contribution in [0.15, 0.2) is 0 Å². The van der Waals surface area contributed by atoms with Gasteiger partial charge in [-0.25, -0.2) is 0 Å². The number of aliphatic hydroxyl groups is 10. The van der Waals surface area contributed by atoms with Gasteiger partial charge in [-0.05, 0) is 0 Å². The van der Waals surface area contributed by atoms with Gasteiger partial charge in [0.1, 0.15) is 42.7 Å². The molecule has 12 atom stereocenters. The molecule has 2 fully saturated rings. The first kappa shape index (κ1) is 27.0. The Balaban J connectivity index is 0.000000303. The molecular formula is C15H28O15. The van der Waals surface area contributed by atoms with E-state index >= 15 is 0 Å². The molecular weight excluding hydrogens is 420 g/mol. The van der Waals surface area contributed by atoms with E-state index in [0.717, 1.165) is 6.92 Å². The lowest BCUT2D eigenvalue weighted by atomic mass is 9.98. The Morgan fingerprint density at radius 1 is 0.700 bits per heavy atom. The van der Waals surface area contributed by atoms with E-state index in [0.29, 0.717) is 0 Å². The smallest absolute Gasteiger partial charge is 0.305 e. The van der Waals surface area contributed by atoms with Crippen molar-refractivity contribution in [1.29, 1.82) is 0 Å². The maximum Gasteiger partial charge on any atom is 0.305 e. The predicted octanol–water partition coefficient (Wildman–Crippen LogP) is -6.58. The Hall–Kier alpha value is -1.05. The van der Waals surface area contributed by atoms with Crippen LogP contribution >= 0.6 is 0 Å². The molecule has 0 aromatic rings. The van der Waals surface area contributed by atoms with Gasteiger partial charge in [-0.3, -0.25) is 4.79 Å². The Labute approximate surface area is 169 Å². The van der Waals surface area contributed by atoms with Crippen LogP contribution in [0.3, 0.4) is 0 Å². The normalized spacial score (nSPS) is 43.7. The van der Waals surface area contributed by atoms with Crippen LogP contribution in [0.4, 0.5) is 0 Å². The van der Waals surface area contributed by atoms with Gasteiger partial charge in [-0.1, -0.05) is 0 Å². The van der Waals surface area contributed by atoms with Crippen molar-refractivity contribution in [1.82, 2.24) is 0 Å². The second-order valence-corrected chi connectivity index (χ2v) is 6.55. The first-order valence-corrected chi connectivity index (χ1v) is 8.65. The Bertz CT molecular complexity index is 534. The highest BCUT2D eigenvalue weighted by molar-refractivity contribution is 5.66. The summed E-state index contributed by atoms with van der Waals surface area (Å²) >= 11 is 0. The molecule has 178 valence electrons. The highest BCUT2D eigenvalue weighted by Crippen LogP contribution is 2.23. The van der Waals surface area contributed by atoms with E-state index in [1.165, 1.54) is 7.11 Å². The predicted molar refractivity (Wildman–Crippen MR) is 88.6 cm³/mol. The molecule has 0 saturated carbocycles. The third kappa shape index (κ3) is 6.47. The van der Waals surface area contributed by atoms with Crippen LogP contribution in [0.1, 0.15) is 6.92 Å². The number of carbonyl (C=O) groups excluding carboxylic acids is 1. The molecule has 2 unspecified atom stereocenters. The molecule has 15 heteroatoms. The number of aliphatic hydroxyl groups excluding tert-OH is 10. The van der Waals surface area contributed by atoms with Gasteiger partial charge < -0.3 is 70.0 Å². The first-order valence-electron chi connectivity index (χ1n) is 8.65. The van der Waals surface area contributed by atoms with Gasteiger partial charge in [0, 0.05) is 14.0 Å². The summed E-state index contributed by atoms with van der Waals surface area (Å²) < 4.78 is 18.0. The van der Waals surface area contributed by atoms with Crippen molar-refractivity contribution in [2.24, 2.45) is 0 Å². The zero-order chi connectivity index (χ0) is 23.3. The standard InChI is InChI=1S/C8H14O8.C7H14O7/c1-2(9)15-8(14)6-4(11)3(10)5(12)7(13)16-6;1-13-7(12)5-3(9)2(8)4(10)6(11)14-5/h3-8,10-14H,1H3;2-12H,1H3/t3-,4-,5+,6-,7+,8?;2-,3-,4+,5-,6+,7?/m00/s1. The number of esters is 1. The highest BCUT2D eigenvalue weighted by Gasteiger charge is 2.47. The lowest BCUT2D eigenvalue weighted by molar-refractivity contribution is -0.320. The third-order valence-electron chi connectivity index (χ3n) is 4.34. The van der Waals surface area contributed by atoms with Crippen LogP contribution in [0, 0.1) is 0 Å². The second kappa shape index (κ2) is 11.5. The molecule has 15 nitrogen and oxygen atoms in total.